The highest BCUT2D eigenvalue weighted by atomic mass is 32.2. The number of rotatable bonds is 8. The summed E-state index contributed by atoms with van der Waals surface area (Å²) in [6.07, 6.45) is -0.482. The summed E-state index contributed by atoms with van der Waals surface area (Å²) in [4.78, 5) is 4.40. The normalized spacial score (nSPS) is 17.3. The molecule has 1 fully saturated rings. The first-order valence-corrected chi connectivity index (χ1v) is 9.16. The van der Waals surface area contributed by atoms with Gasteiger partial charge in [-0.3, -0.25) is 4.90 Å². The summed E-state index contributed by atoms with van der Waals surface area (Å²) in [6, 6.07) is 5.94. The Hall–Kier alpha value is -0.950. The highest BCUT2D eigenvalue weighted by Crippen LogP contribution is 2.28. The number of thioether (sulfide) groups is 1. The summed E-state index contributed by atoms with van der Waals surface area (Å²) in [5.74, 6) is 3.69. The van der Waals surface area contributed by atoms with E-state index in [1.807, 2.05) is 44.1 Å². The molecule has 1 saturated heterocycles. The van der Waals surface area contributed by atoms with Crippen LogP contribution in [0.1, 0.15) is 5.56 Å². The average Bonchev–Trinajstić information content (AvgIpc) is 2.54. The summed E-state index contributed by atoms with van der Waals surface area (Å²) in [7, 11) is 5.71. The molecule has 0 amide bonds. The molecule has 0 aromatic heterocycles. The van der Waals surface area contributed by atoms with Crippen molar-refractivity contribution < 1.29 is 14.6 Å². The van der Waals surface area contributed by atoms with Crippen molar-refractivity contribution in [2.24, 2.45) is 0 Å². The van der Waals surface area contributed by atoms with Gasteiger partial charge in [0.2, 0.25) is 0 Å². The van der Waals surface area contributed by atoms with Crippen molar-refractivity contribution in [1.82, 2.24) is 9.80 Å². The van der Waals surface area contributed by atoms with Crippen LogP contribution in [-0.2, 0) is 6.54 Å². The molecule has 2 rings (SSSR count). The predicted molar refractivity (Wildman–Crippen MR) is 95.7 cm³/mol. The summed E-state index contributed by atoms with van der Waals surface area (Å²) in [6.45, 7) is 3.90. The van der Waals surface area contributed by atoms with Crippen LogP contribution in [0, 0.1) is 0 Å². The number of hydrogen-bond donors (Lipinski definition) is 1. The molecular formula is C17H28N2O3S. The number of benzene rings is 1. The van der Waals surface area contributed by atoms with Gasteiger partial charge in [-0.15, -0.1) is 0 Å². The first kappa shape index (κ1) is 18.4. The Kier molecular flexibility index (Phi) is 7.49. The largest absolute Gasteiger partial charge is 0.493 e. The topological polar surface area (TPSA) is 45.2 Å². The number of aliphatic hydroxyl groups excluding tert-OH is 1. The molecule has 5 nitrogen and oxygen atoms in total. The minimum absolute atomic E-state index is 0.285. The lowest BCUT2D eigenvalue weighted by atomic mass is 10.2. The first-order chi connectivity index (χ1) is 11.1. The van der Waals surface area contributed by atoms with Gasteiger partial charge in [-0.1, -0.05) is 6.07 Å². The third kappa shape index (κ3) is 6.22. The Morgan fingerprint density at radius 1 is 1.26 bits per heavy atom. The van der Waals surface area contributed by atoms with Crippen LogP contribution in [0.4, 0.5) is 0 Å². The van der Waals surface area contributed by atoms with E-state index in [1.54, 1.807) is 7.11 Å². The van der Waals surface area contributed by atoms with Gasteiger partial charge in [0.15, 0.2) is 11.5 Å². The number of aliphatic hydroxyl groups is 1. The van der Waals surface area contributed by atoms with Crippen molar-refractivity contribution in [3.63, 3.8) is 0 Å². The second-order valence-corrected chi connectivity index (χ2v) is 7.33. The van der Waals surface area contributed by atoms with Gasteiger partial charge < -0.3 is 19.5 Å². The molecule has 0 aliphatic carbocycles. The van der Waals surface area contributed by atoms with Crippen LogP contribution in [0.15, 0.2) is 18.2 Å². The highest BCUT2D eigenvalue weighted by Gasteiger charge is 2.16. The molecule has 1 aromatic carbocycles. The lowest BCUT2D eigenvalue weighted by Crippen LogP contribution is -2.40. The van der Waals surface area contributed by atoms with Crippen molar-refractivity contribution in [3.8, 4) is 11.5 Å². The van der Waals surface area contributed by atoms with Gasteiger partial charge >= 0.3 is 0 Å². The molecule has 1 atom stereocenters. The Bertz CT molecular complexity index is 479. The van der Waals surface area contributed by atoms with Crippen LogP contribution in [0.2, 0.25) is 0 Å². The number of methoxy groups -OCH3 is 1. The van der Waals surface area contributed by atoms with E-state index in [4.69, 9.17) is 9.47 Å². The van der Waals surface area contributed by atoms with E-state index in [0.29, 0.717) is 18.0 Å². The summed E-state index contributed by atoms with van der Waals surface area (Å²) in [5, 5.41) is 10.2. The predicted octanol–water partition coefficient (Wildman–Crippen LogP) is 1.55. The summed E-state index contributed by atoms with van der Waals surface area (Å²) >= 11 is 1.97. The van der Waals surface area contributed by atoms with Crippen molar-refractivity contribution in [1.29, 1.82) is 0 Å². The molecule has 0 bridgehead atoms. The van der Waals surface area contributed by atoms with E-state index >= 15 is 0 Å². The van der Waals surface area contributed by atoms with Gasteiger partial charge in [-0.2, -0.15) is 11.8 Å². The lowest BCUT2D eigenvalue weighted by Gasteiger charge is -2.28. The summed E-state index contributed by atoms with van der Waals surface area (Å²) < 4.78 is 11.2. The average molecular weight is 340 g/mol. The van der Waals surface area contributed by atoms with E-state index in [1.165, 1.54) is 5.56 Å². The van der Waals surface area contributed by atoms with E-state index < -0.39 is 6.10 Å². The molecule has 1 N–H and O–H groups in total. The van der Waals surface area contributed by atoms with Crippen LogP contribution in [-0.4, -0.2) is 80.0 Å². The van der Waals surface area contributed by atoms with E-state index in [2.05, 4.69) is 9.80 Å². The Morgan fingerprint density at radius 2 is 2.00 bits per heavy atom. The smallest absolute Gasteiger partial charge is 0.161 e. The van der Waals surface area contributed by atoms with Crippen LogP contribution in [0.25, 0.3) is 0 Å². The van der Waals surface area contributed by atoms with Crippen molar-refractivity contribution in [2.75, 3.05) is 59.0 Å². The quantitative estimate of drug-likeness (QED) is 0.775. The molecular weight excluding hydrogens is 312 g/mol. The number of nitrogens with zero attached hydrogens (tertiary/aromatic N) is 2. The molecule has 1 aromatic rings. The third-order valence-corrected chi connectivity index (χ3v) is 4.67. The maximum absolute atomic E-state index is 10.2. The Labute approximate surface area is 143 Å². The molecule has 0 spiro atoms. The number of hydrogen-bond acceptors (Lipinski definition) is 6. The molecule has 1 aliphatic rings. The SMILES string of the molecule is COc1cc(CN(C)C)ccc1OCC(O)CN1CCSCC1. The molecule has 130 valence electrons. The van der Waals surface area contributed by atoms with E-state index in [9.17, 15) is 5.11 Å². The first-order valence-electron chi connectivity index (χ1n) is 8.01. The highest BCUT2D eigenvalue weighted by molar-refractivity contribution is 7.99. The van der Waals surface area contributed by atoms with Crippen molar-refractivity contribution in [2.45, 2.75) is 12.6 Å². The molecule has 0 saturated carbocycles. The van der Waals surface area contributed by atoms with Gasteiger partial charge in [0, 0.05) is 37.7 Å². The van der Waals surface area contributed by atoms with Gasteiger partial charge in [0.05, 0.1) is 7.11 Å². The van der Waals surface area contributed by atoms with Crippen LogP contribution >= 0.6 is 11.8 Å². The Morgan fingerprint density at radius 3 is 2.65 bits per heavy atom. The summed E-state index contributed by atoms with van der Waals surface area (Å²) in [5.41, 5.74) is 1.17. The molecule has 1 heterocycles. The van der Waals surface area contributed by atoms with Crippen molar-refractivity contribution in [3.05, 3.63) is 23.8 Å². The number of ether oxygens (including phenoxy) is 2. The van der Waals surface area contributed by atoms with Crippen LogP contribution < -0.4 is 9.47 Å². The molecule has 6 heteroatoms. The molecule has 23 heavy (non-hydrogen) atoms. The maximum atomic E-state index is 10.2. The van der Waals surface area contributed by atoms with E-state index in [-0.39, 0.29) is 6.61 Å². The second kappa shape index (κ2) is 9.37. The van der Waals surface area contributed by atoms with Crippen molar-refractivity contribution >= 4 is 11.8 Å². The van der Waals surface area contributed by atoms with Crippen LogP contribution in [0.5, 0.6) is 11.5 Å². The van der Waals surface area contributed by atoms with E-state index in [0.717, 1.165) is 31.1 Å². The maximum Gasteiger partial charge on any atom is 0.161 e. The molecule has 1 unspecified atom stereocenters. The monoisotopic (exact) mass is 340 g/mol. The zero-order valence-corrected chi connectivity index (χ0v) is 15.1. The van der Waals surface area contributed by atoms with Gasteiger partial charge in [-0.25, -0.2) is 0 Å². The fraction of sp³-hybridized carbons (Fsp3) is 0.647. The minimum atomic E-state index is -0.482. The second-order valence-electron chi connectivity index (χ2n) is 6.10. The molecule has 0 radical (unpaired) electrons. The standard InChI is InChI=1S/C17H28N2O3S/c1-18(2)11-14-4-5-16(17(10-14)21-3)22-13-15(20)12-19-6-8-23-9-7-19/h4-5,10,15,20H,6-9,11-13H2,1-3H3. The van der Waals surface area contributed by atoms with Gasteiger partial charge in [-0.05, 0) is 31.8 Å². The van der Waals surface area contributed by atoms with Gasteiger partial charge in [0.25, 0.3) is 0 Å². The fourth-order valence-corrected chi connectivity index (χ4v) is 3.59. The van der Waals surface area contributed by atoms with Gasteiger partial charge in [0.1, 0.15) is 12.7 Å². The third-order valence-electron chi connectivity index (χ3n) is 3.73. The lowest BCUT2D eigenvalue weighted by molar-refractivity contribution is 0.0705. The fourth-order valence-electron chi connectivity index (χ4n) is 2.62. The van der Waals surface area contributed by atoms with Crippen LogP contribution in [0.3, 0.4) is 0 Å². The minimum Gasteiger partial charge on any atom is -0.493 e. The Balaban J connectivity index is 1.86. The zero-order valence-electron chi connectivity index (χ0n) is 14.3. The number of β-amino-alcohol motifs (C(OH)–C–C–N with tert-alkyl or cyclic N) is 1. The zero-order chi connectivity index (χ0) is 16.7. The molecule has 1 aliphatic heterocycles.